The summed E-state index contributed by atoms with van der Waals surface area (Å²) < 4.78 is 2.20. The molecule has 0 saturated carbocycles. The van der Waals surface area contributed by atoms with E-state index >= 15 is 0 Å². The van der Waals surface area contributed by atoms with Crippen molar-refractivity contribution in [3.8, 4) is 0 Å². The molecule has 0 bridgehead atoms. The molecule has 21 heavy (non-hydrogen) atoms. The molecule has 1 aliphatic heterocycles. The molecule has 1 saturated heterocycles. The van der Waals surface area contributed by atoms with Crippen molar-refractivity contribution in [1.29, 1.82) is 0 Å². The Morgan fingerprint density at radius 2 is 1.95 bits per heavy atom. The quantitative estimate of drug-likeness (QED) is 0.929. The summed E-state index contributed by atoms with van der Waals surface area (Å²) in [5.41, 5.74) is 2.44. The van der Waals surface area contributed by atoms with Crippen LogP contribution < -0.4 is 5.32 Å². The smallest absolute Gasteiger partial charge is 0.0835 e. The second kappa shape index (κ2) is 6.57. The summed E-state index contributed by atoms with van der Waals surface area (Å²) in [5, 5.41) is 5.93. The molecular weight excluding hydrogens is 305 g/mol. The van der Waals surface area contributed by atoms with Crippen LogP contribution in [0.1, 0.15) is 12.5 Å². The van der Waals surface area contributed by atoms with E-state index in [9.17, 15) is 0 Å². The average Bonchev–Trinajstić information content (AvgIpc) is 2.88. The molecule has 0 radical (unpaired) electrons. The molecule has 2 aromatic rings. The molecule has 3 rings (SSSR count). The van der Waals surface area contributed by atoms with Crippen LogP contribution in [0.2, 0.25) is 10.0 Å². The third kappa shape index (κ3) is 3.07. The van der Waals surface area contributed by atoms with E-state index in [4.69, 9.17) is 23.2 Å². The number of hydrogen-bond acceptors (Lipinski definition) is 2. The number of hydrogen-bond donors (Lipinski definition) is 1. The van der Waals surface area contributed by atoms with Crippen LogP contribution in [0, 0.1) is 0 Å². The molecule has 1 aliphatic rings. The molecule has 0 amide bonds. The van der Waals surface area contributed by atoms with E-state index in [1.54, 1.807) is 0 Å². The van der Waals surface area contributed by atoms with Gasteiger partial charge < -0.3 is 14.8 Å². The summed E-state index contributed by atoms with van der Waals surface area (Å²) in [6, 6.07) is 4.00. The van der Waals surface area contributed by atoms with Gasteiger partial charge in [-0.3, -0.25) is 0 Å². The Hall–Kier alpha value is -0.740. The van der Waals surface area contributed by atoms with Gasteiger partial charge in [-0.25, -0.2) is 0 Å². The van der Waals surface area contributed by atoms with Gasteiger partial charge in [-0.15, -0.1) is 0 Å². The molecule has 3 nitrogen and oxygen atoms in total. The molecule has 2 heterocycles. The van der Waals surface area contributed by atoms with E-state index in [1.165, 1.54) is 10.9 Å². The second-order valence-corrected chi connectivity index (χ2v) is 6.32. The largest absolute Gasteiger partial charge is 0.346 e. The van der Waals surface area contributed by atoms with Crippen LogP contribution in [-0.2, 0) is 13.0 Å². The lowest BCUT2D eigenvalue weighted by Crippen LogP contribution is -2.44. The first-order valence-electron chi connectivity index (χ1n) is 7.59. The van der Waals surface area contributed by atoms with Gasteiger partial charge in [0.1, 0.15) is 0 Å². The molecule has 1 aromatic heterocycles. The van der Waals surface area contributed by atoms with E-state index in [1.807, 2.05) is 6.07 Å². The number of nitrogens with zero attached hydrogens (tertiary/aromatic N) is 2. The SMILES string of the molecule is CCn1cc(CCN2CCNCC2)c2ccc(Cl)c(Cl)c21. The standard InChI is InChI=1S/C16H21Cl2N3/c1-2-21-11-12(5-8-20-9-6-19-7-10-20)13-3-4-14(17)15(18)16(13)21/h3-4,11,19H,2,5-10H2,1H3. The minimum absolute atomic E-state index is 0.630. The number of fused-ring (bicyclic) bond motifs is 1. The second-order valence-electron chi connectivity index (χ2n) is 5.54. The lowest BCUT2D eigenvalue weighted by Gasteiger charge is -2.26. The Kier molecular flexibility index (Phi) is 4.75. The number of halogens is 2. The van der Waals surface area contributed by atoms with E-state index in [-0.39, 0.29) is 0 Å². The van der Waals surface area contributed by atoms with Crippen LogP contribution in [0.3, 0.4) is 0 Å². The summed E-state index contributed by atoms with van der Waals surface area (Å²) in [4.78, 5) is 2.52. The lowest BCUT2D eigenvalue weighted by molar-refractivity contribution is 0.244. The van der Waals surface area contributed by atoms with Crippen molar-refractivity contribution in [3.63, 3.8) is 0 Å². The van der Waals surface area contributed by atoms with Crippen LogP contribution in [-0.4, -0.2) is 42.2 Å². The van der Waals surface area contributed by atoms with E-state index in [0.717, 1.165) is 51.2 Å². The Bertz CT molecular complexity index is 630. The highest BCUT2D eigenvalue weighted by Gasteiger charge is 2.15. The predicted molar refractivity (Wildman–Crippen MR) is 90.6 cm³/mol. The van der Waals surface area contributed by atoms with Crippen molar-refractivity contribution in [2.75, 3.05) is 32.7 Å². The van der Waals surface area contributed by atoms with Gasteiger partial charge in [-0.05, 0) is 25.0 Å². The number of piperazine rings is 1. The summed E-state index contributed by atoms with van der Waals surface area (Å²) in [6.07, 6.45) is 3.29. The molecular formula is C16H21Cl2N3. The van der Waals surface area contributed by atoms with Crippen molar-refractivity contribution in [2.45, 2.75) is 19.9 Å². The lowest BCUT2D eigenvalue weighted by atomic mass is 10.1. The number of aryl methyl sites for hydroxylation is 1. The Morgan fingerprint density at radius 3 is 2.67 bits per heavy atom. The van der Waals surface area contributed by atoms with Crippen molar-refractivity contribution >= 4 is 34.1 Å². The maximum absolute atomic E-state index is 6.40. The Morgan fingerprint density at radius 1 is 1.19 bits per heavy atom. The van der Waals surface area contributed by atoms with Gasteiger partial charge in [0.25, 0.3) is 0 Å². The summed E-state index contributed by atoms with van der Waals surface area (Å²) in [6.45, 7) is 8.61. The number of aromatic nitrogens is 1. The molecule has 0 atom stereocenters. The van der Waals surface area contributed by atoms with Gasteiger partial charge >= 0.3 is 0 Å². The fourth-order valence-corrected chi connectivity index (χ4v) is 3.49. The van der Waals surface area contributed by atoms with Gasteiger partial charge in [0.2, 0.25) is 0 Å². The fraction of sp³-hybridized carbons (Fsp3) is 0.500. The minimum Gasteiger partial charge on any atom is -0.346 e. The molecule has 114 valence electrons. The summed E-state index contributed by atoms with van der Waals surface area (Å²) in [7, 11) is 0. The molecule has 1 N–H and O–H groups in total. The first-order chi connectivity index (χ1) is 10.2. The van der Waals surface area contributed by atoms with Crippen LogP contribution in [0.25, 0.3) is 10.9 Å². The molecule has 0 spiro atoms. The van der Waals surface area contributed by atoms with Crippen molar-refractivity contribution < 1.29 is 0 Å². The maximum atomic E-state index is 6.40. The van der Waals surface area contributed by atoms with Crippen LogP contribution in [0.5, 0.6) is 0 Å². The Balaban J connectivity index is 1.86. The average molecular weight is 326 g/mol. The molecule has 1 fully saturated rings. The van der Waals surface area contributed by atoms with Gasteiger partial charge in [-0.2, -0.15) is 0 Å². The first-order valence-corrected chi connectivity index (χ1v) is 8.35. The third-order valence-corrected chi connectivity index (χ3v) is 5.06. The van der Waals surface area contributed by atoms with Gasteiger partial charge in [-0.1, -0.05) is 29.3 Å². The zero-order valence-corrected chi connectivity index (χ0v) is 13.8. The first kappa shape index (κ1) is 15.2. The highest BCUT2D eigenvalue weighted by molar-refractivity contribution is 6.45. The minimum atomic E-state index is 0.630. The fourth-order valence-electron chi connectivity index (χ4n) is 3.06. The number of benzene rings is 1. The van der Waals surface area contributed by atoms with Crippen molar-refractivity contribution in [2.24, 2.45) is 0 Å². The number of nitrogens with one attached hydrogen (secondary N) is 1. The Labute approximate surface area is 135 Å². The number of rotatable bonds is 4. The highest BCUT2D eigenvalue weighted by atomic mass is 35.5. The predicted octanol–water partition coefficient (Wildman–Crippen LogP) is 3.42. The summed E-state index contributed by atoms with van der Waals surface area (Å²) in [5.74, 6) is 0. The molecule has 0 aliphatic carbocycles. The van der Waals surface area contributed by atoms with E-state index in [2.05, 4.69) is 34.0 Å². The zero-order chi connectivity index (χ0) is 14.8. The topological polar surface area (TPSA) is 20.2 Å². The molecule has 1 aromatic carbocycles. The highest BCUT2D eigenvalue weighted by Crippen LogP contribution is 2.34. The van der Waals surface area contributed by atoms with Gasteiger partial charge in [0.05, 0.1) is 15.6 Å². The summed E-state index contributed by atoms with van der Waals surface area (Å²) >= 11 is 12.6. The van der Waals surface area contributed by atoms with E-state index in [0.29, 0.717) is 10.0 Å². The zero-order valence-electron chi connectivity index (χ0n) is 12.3. The van der Waals surface area contributed by atoms with Crippen LogP contribution in [0.15, 0.2) is 18.3 Å². The van der Waals surface area contributed by atoms with Gasteiger partial charge in [0.15, 0.2) is 0 Å². The van der Waals surface area contributed by atoms with Crippen LogP contribution in [0.4, 0.5) is 0 Å². The third-order valence-electron chi connectivity index (χ3n) is 4.26. The van der Waals surface area contributed by atoms with E-state index < -0.39 is 0 Å². The molecule has 0 unspecified atom stereocenters. The van der Waals surface area contributed by atoms with Crippen molar-refractivity contribution in [1.82, 2.24) is 14.8 Å². The molecule has 5 heteroatoms. The van der Waals surface area contributed by atoms with Gasteiger partial charge in [0, 0.05) is 50.9 Å². The monoisotopic (exact) mass is 325 g/mol. The normalized spacial score (nSPS) is 16.7. The van der Waals surface area contributed by atoms with Crippen LogP contribution >= 0.6 is 23.2 Å². The maximum Gasteiger partial charge on any atom is 0.0835 e. The van der Waals surface area contributed by atoms with Crippen molar-refractivity contribution in [3.05, 3.63) is 33.9 Å².